The number of anilines is 1. The quantitative estimate of drug-likeness (QED) is 0.683. The van der Waals surface area contributed by atoms with Gasteiger partial charge in [-0.3, -0.25) is 9.59 Å². The smallest absolute Gasteiger partial charge is 0.243 e. The average molecular weight is 433 g/mol. The SMILES string of the molecule is Cc1cc(C)c(C#N)c(SCC(=O)NCC(=O)Nc2ccccc2Br)n1. The molecule has 2 rings (SSSR count). The Morgan fingerprint density at radius 3 is 2.69 bits per heavy atom. The van der Waals surface area contributed by atoms with Gasteiger partial charge in [0.25, 0.3) is 0 Å². The number of rotatable bonds is 6. The lowest BCUT2D eigenvalue weighted by Crippen LogP contribution is -2.34. The number of hydrogen-bond acceptors (Lipinski definition) is 5. The third kappa shape index (κ3) is 5.58. The second-order valence-corrected chi connectivity index (χ2v) is 7.28. The van der Waals surface area contributed by atoms with E-state index >= 15 is 0 Å². The lowest BCUT2D eigenvalue weighted by molar-refractivity contribution is -0.122. The summed E-state index contributed by atoms with van der Waals surface area (Å²) >= 11 is 4.52. The third-order valence-electron chi connectivity index (χ3n) is 3.36. The number of para-hydroxylation sites is 1. The van der Waals surface area contributed by atoms with Crippen molar-refractivity contribution in [3.8, 4) is 6.07 Å². The fourth-order valence-electron chi connectivity index (χ4n) is 2.16. The maximum Gasteiger partial charge on any atom is 0.243 e. The van der Waals surface area contributed by atoms with Crippen molar-refractivity contribution in [2.24, 2.45) is 0 Å². The first-order valence-electron chi connectivity index (χ1n) is 7.73. The number of nitrogens with one attached hydrogen (secondary N) is 2. The maximum absolute atomic E-state index is 12.0. The fraction of sp³-hybridized carbons (Fsp3) is 0.222. The summed E-state index contributed by atoms with van der Waals surface area (Å²) in [6, 6.07) is 11.2. The number of aryl methyl sites for hydroxylation is 2. The molecule has 0 aliphatic rings. The van der Waals surface area contributed by atoms with E-state index < -0.39 is 0 Å². The molecule has 26 heavy (non-hydrogen) atoms. The van der Waals surface area contributed by atoms with Crippen molar-refractivity contribution in [3.05, 3.63) is 51.6 Å². The molecule has 1 heterocycles. The Kier molecular flexibility index (Phi) is 7.18. The van der Waals surface area contributed by atoms with Crippen LogP contribution in [0.4, 0.5) is 5.69 Å². The molecule has 134 valence electrons. The van der Waals surface area contributed by atoms with Crippen molar-refractivity contribution in [2.45, 2.75) is 18.9 Å². The lowest BCUT2D eigenvalue weighted by Gasteiger charge is -2.09. The van der Waals surface area contributed by atoms with Gasteiger partial charge in [-0.25, -0.2) is 4.98 Å². The lowest BCUT2D eigenvalue weighted by atomic mass is 10.1. The van der Waals surface area contributed by atoms with Gasteiger partial charge in [-0.15, -0.1) is 0 Å². The van der Waals surface area contributed by atoms with E-state index in [2.05, 4.69) is 37.6 Å². The van der Waals surface area contributed by atoms with Crippen LogP contribution in [0.5, 0.6) is 0 Å². The molecule has 2 aromatic rings. The highest BCUT2D eigenvalue weighted by Crippen LogP contribution is 2.23. The van der Waals surface area contributed by atoms with Crippen LogP contribution in [-0.4, -0.2) is 29.1 Å². The molecule has 0 saturated carbocycles. The number of aromatic nitrogens is 1. The number of carbonyl (C=O) groups is 2. The molecule has 1 aromatic heterocycles. The number of amides is 2. The normalized spacial score (nSPS) is 10.1. The van der Waals surface area contributed by atoms with Crippen molar-refractivity contribution in [1.82, 2.24) is 10.3 Å². The first-order chi connectivity index (χ1) is 12.4. The second-order valence-electron chi connectivity index (χ2n) is 5.47. The monoisotopic (exact) mass is 432 g/mol. The minimum absolute atomic E-state index is 0.0763. The largest absolute Gasteiger partial charge is 0.346 e. The number of pyridine rings is 1. The van der Waals surface area contributed by atoms with Gasteiger partial charge in [0.1, 0.15) is 11.1 Å². The van der Waals surface area contributed by atoms with Crippen LogP contribution in [0.2, 0.25) is 0 Å². The molecule has 0 aliphatic carbocycles. The standard InChI is InChI=1S/C18H17BrN4O2S/c1-11-7-12(2)22-18(13(11)8-20)26-10-17(25)21-9-16(24)23-15-6-4-3-5-14(15)19/h3-7H,9-10H2,1-2H3,(H,21,25)(H,23,24). The summed E-state index contributed by atoms with van der Waals surface area (Å²) in [6.07, 6.45) is 0. The summed E-state index contributed by atoms with van der Waals surface area (Å²) in [5.41, 5.74) is 2.73. The van der Waals surface area contributed by atoms with Gasteiger partial charge in [-0.05, 0) is 53.5 Å². The van der Waals surface area contributed by atoms with Crippen LogP contribution in [0.25, 0.3) is 0 Å². The molecule has 2 N–H and O–H groups in total. The van der Waals surface area contributed by atoms with Gasteiger partial charge in [-0.1, -0.05) is 23.9 Å². The van der Waals surface area contributed by atoms with Gasteiger partial charge >= 0.3 is 0 Å². The summed E-state index contributed by atoms with van der Waals surface area (Å²) in [6.45, 7) is 3.54. The van der Waals surface area contributed by atoms with Crippen LogP contribution in [0.3, 0.4) is 0 Å². The van der Waals surface area contributed by atoms with Gasteiger partial charge < -0.3 is 10.6 Å². The highest BCUT2D eigenvalue weighted by molar-refractivity contribution is 9.10. The molecule has 0 bridgehead atoms. The molecule has 2 amide bonds. The predicted octanol–water partition coefficient (Wildman–Crippen LogP) is 3.18. The number of halogens is 1. The van der Waals surface area contributed by atoms with Gasteiger partial charge in [0.2, 0.25) is 11.8 Å². The molecule has 0 fully saturated rings. The first-order valence-corrected chi connectivity index (χ1v) is 9.50. The maximum atomic E-state index is 12.0. The topological polar surface area (TPSA) is 94.9 Å². The Morgan fingerprint density at radius 1 is 1.27 bits per heavy atom. The van der Waals surface area contributed by atoms with Crippen LogP contribution in [0.1, 0.15) is 16.8 Å². The second kappa shape index (κ2) is 9.36. The van der Waals surface area contributed by atoms with Crippen LogP contribution < -0.4 is 10.6 Å². The van der Waals surface area contributed by atoms with Gasteiger partial charge in [-0.2, -0.15) is 5.26 Å². The zero-order chi connectivity index (χ0) is 19.1. The van der Waals surface area contributed by atoms with Crippen molar-refractivity contribution in [1.29, 1.82) is 5.26 Å². The Labute approximate surface area is 164 Å². The van der Waals surface area contributed by atoms with Crippen molar-refractivity contribution in [3.63, 3.8) is 0 Å². The van der Waals surface area contributed by atoms with Gasteiger partial charge in [0.15, 0.2) is 0 Å². The fourth-order valence-corrected chi connectivity index (χ4v) is 3.48. The molecule has 0 atom stereocenters. The predicted molar refractivity (Wildman–Crippen MR) is 105 cm³/mol. The molecular formula is C18H17BrN4O2S. The summed E-state index contributed by atoms with van der Waals surface area (Å²) in [7, 11) is 0. The highest BCUT2D eigenvalue weighted by atomic mass is 79.9. The average Bonchev–Trinajstić information content (AvgIpc) is 2.59. The van der Waals surface area contributed by atoms with E-state index in [1.165, 1.54) is 11.8 Å². The van der Waals surface area contributed by atoms with Gasteiger partial charge in [0, 0.05) is 10.2 Å². The van der Waals surface area contributed by atoms with Crippen LogP contribution in [0, 0.1) is 25.2 Å². The van der Waals surface area contributed by atoms with E-state index in [9.17, 15) is 14.9 Å². The van der Waals surface area contributed by atoms with E-state index in [1.54, 1.807) is 12.1 Å². The molecular weight excluding hydrogens is 416 g/mol. The molecule has 8 heteroatoms. The molecule has 6 nitrogen and oxygen atoms in total. The highest BCUT2D eigenvalue weighted by Gasteiger charge is 2.12. The molecule has 0 unspecified atom stereocenters. The number of nitrogens with zero attached hydrogens (tertiary/aromatic N) is 2. The van der Waals surface area contributed by atoms with Crippen LogP contribution in [-0.2, 0) is 9.59 Å². The van der Waals surface area contributed by atoms with Crippen molar-refractivity contribution in [2.75, 3.05) is 17.6 Å². The van der Waals surface area contributed by atoms with Crippen molar-refractivity contribution >= 4 is 45.2 Å². The minimum Gasteiger partial charge on any atom is -0.346 e. The number of carbonyl (C=O) groups excluding carboxylic acids is 2. The number of nitriles is 1. The minimum atomic E-state index is -0.322. The van der Waals surface area contributed by atoms with Crippen molar-refractivity contribution < 1.29 is 9.59 Å². The first kappa shape index (κ1) is 19.9. The summed E-state index contributed by atoms with van der Waals surface area (Å²) < 4.78 is 0.764. The molecule has 0 spiro atoms. The Morgan fingerprint density at radius 2 is 2.00 bits per heavy atom. The molecule has 0 radical (unpaired) electrons. The van der Waals surface area contributed by atoms with Crippen LogP contribution >= 0.6 is 27.7 Å². The third-order valence-corrected chi connectivity index (χ3v) is 5.02. The van der Waals surface area contributed by atoms with E-state index in [0.717, 1.165) is 15.7 Å². The molecule has 0 aliphatic heterocycles. The zero-order valence-electron chi connectivity index (χ0n) is 14.3. The van der Waals surface area contributed by atoms with E-state index in [0.29, 0.717) is 16.3 Å². The Balaban J connectivity index is 1.85. The summed E-state index contributed by atoms with van der Waals surface area (Å²) in [5, 5.41) is 15.0. The van der Waals surface area contributed by atoms with E-state index in [-0.39, 0.29) is 24.1 Å². The molecule has 1 aromatic carbocycles. The number of hydrogen-bond donors (Lipinski definition) is 2. The zero-order valence-corrected chi connectivity index (χ0v) is 16.7. The summed E-state index contributed by atoms with van der Waals surface area (Å²) in [5.74, 6) is -0.549. The number of thioether (sulfide) groups is 1. The van der Waals surface area contributed by atoms with Crippen LogP contribution in [0.15, 0.2) is 39.8 Å². The van der Waals surface area contributed by atoms with E-state index in [4.69, 9.17) is 0 Å². The Bertz CT molecular complexity index is 880. The summed E-state index contributed by atoms with van der Waals surface area (Å²) in [4.78, 5) is 28.2. The Hall–Kier alpha value is -2.37. The van der Waals surface area contributed by atoms with E-state index in [1.807, 2.05) is 32.0 Å². The number of benzene rings is 1. The molecule has 0 saturated heterocycles. The van der Waals surface area contributed by atoms with Gasteiger partial charge in [0.05, 0.1) is 23.5 Å².